The van der Waals surface area contributed by atoms with E-state index in [1.165, 1.54) is 6.42 Å². The van der Waals surface area contributed by atoms with Gasteiger partial charge in [0, 0.05) is 17.6 Å². The quantitative estimate of drug-likeness (QED) is 0.834. The molecule has 1 aromatic carbocycles. The van der Waals surface area contributed by atoms with Crippen LogP contribution in [0.3, 0.4) is 0 Å². The minimum Gasteiger partial charge on any atom is -0.397 e. The normalized spacial score (nSPS) is 19.7. The first kappa shape index (κ1) is 16.1. The Morgan fingerprint density at radius 2 is 2.29 bits per heavy atom. The summed E-state index contributed by atoms with van der Waals surface area (Å²) in [5, 5.41) is 3.42. The minimum absolute atomic E-state index is 0.0385. The SMILES string of the molecule is CN(C)C1CCCN(CC(=O)Nc2ccc(Cl)cc2N)C1. The lowest BCUT2D eigenvalue weighted by molar-refractivity contribution is -0.117. The van der Waals surface area contributed by atoms with Crippen molar-refractivity contribution in [2.24, 2.45) is 0 Å². The zero-order chi connectivity index (χ0) is 15.4. The lowest BCUT2D eigenvalue weighted by Crippen LogP contribution is -2.47. The van der Waals surface area contributed by atoms with Crippen LogP contribution in [0.5, 0.6) is 0 Å². The highest BCUT2D eigenvalue weighted by Gasteiger charge is 2.22. The van der Waals surface area contributed by atoms with Gasteiger partial charge in [0.25, 0.3) is 0 Å². The van der Waals surface area contributed by atoms with Gasteiger partial charge in [0.05, 0.1) is 17.9 Å². The van der Waals surface area contributed by atoms with Crippen LogP contribution in [0.1, 0.15) is 12.8 Å². The van der Waals surface area contributed by atoms with Gasteiger partial charge in [-0.1, -0.05) is 11.6 Å². The van der Waals surface area contributed by atoms with Crippen LogP contribution in [0.15, 0.2) is 18.2 Å². The Labute approximate surface area is 131 Å². The van der Waals surface area contributed by atoms with Gasteiger partial charge in [-0.2, -0.15) is 0 Å². The highest BCUT2D eigenvalue weighted by molar-refractivity contribution is 6.31. The number of amides is 1. The molecule has 6 heteroatoms. The molecule has 21 heavy (non-hydrogen) atoms. The zero-order valence-electron chi connectivity index (χ0n) is 12.6. The number of hydrogen-bond donors (Lipinski definition) is 2. The maximum Gasteiger partial charge on any atom is 0.238 e. The van der Waals surface area contributed by atoms with Crippen LogP contribution in [0.4, 0.5) is 11.4 Å². The van der Waals surface area contributed by atoms with Crippen molar-refractivity contribution in [1.29, 1.82) is 0 Å². The molecule has 1 unspecified atom stereocenters. The highest BCUT2D eigenvalue weighted by Crippen LogP contribution is 2.22. The molecule has 1 amide bonds. The molecule has 1 atom stereocenters. The topological polar surface area (TPSA) is 61.6 Å². The Hall–Kier alpha value is -1.30. The number of likely N-dealkylation sites (N-methyl/N-ethyl adjacent to an activating group) is 1. The fourth-order valence-electron chi connectivity index (χ4n) is 2.64. The molecule has 0 aromatic heterocycles. The smallest absolute Gasteiger partial charge is 0.238 e. The van der Waals surface area contributed by atoms with Crippen molar-refractivity contribution in [2.45, 2.75) is 18.9 Å². The highest BCUT2D eigenvalue weighted by atomic mass is 35.5. The van der Waals surface area contributed by atoms with E-state index in [2.05, 4.69) is 29.2 Å². The number of nitrogen functional groups attached to an aromatic ring is 1. The molecule has 0 aliphatic carbocycles. The van der Waals surface area contributed by atoms with E-state index in [0.717, 1.165) is 19.5 Å². The van der Waals surface area contributed by atoms with Gasteiger partial charge in [0.15, 0.2) is 0 Å². The number of nitrogens with two attached hydrogens (primary N) is 1. The van der Waals surface area contributed by atoms with E-state index in [-0.39, 0.29) is 5.91 Å². The summed E-state index contributed by atoms with van der Waals surface area (Å²) in [5.41, 5.74) is 6.95. The molecule has 5 nitrogen and oxygen atoms in total. The van der Waals surface area contributed by atoms with E-state index < -0.39 is 0 Å². The summed E-state index contributed by atoms with van der Waals surface area (Å²) in [4.78, 5) is 16.6. The van der Waals surface area contributed by atoms with Crippen LogP contribution in [0.25, 0.3) is 0 Å². The van der Waals surface area contributed by atoms with Crippen molar-refractivity contribution in [3.05, 3.63) is 23.2 Å². The lowest BCUT2D eigenvalue weighted by Gasteiger charge is -2.35. The molecular formula is C15H23ClN4O. The van der Waals surface area contributed by atoms with Crippen molar-refractivity contribution in [3.8, 4) is 0 Å². The maximum atomic E-state index is 12.1. The fourth-order valence-corrected chi connectivity index (χ4v) is 2.82. The van der Waals surface area contributed by atoms with Crippen LogP contribution < -0.4 is 11.1 Å². The second-order valence-electron chi connectivity index (χ2n) is 5.77. The molecule has 0 bridgehead atoms. The second kappa shape index (κ2) is 7.11. The van der Waals surface area contributed by atoms with Gasteiger partial charge in [0.1, 0.15) is 0 Å². The number of nitrogens with one attached hydrogen (secondary N) is 1. The van der Waals surface area contributed by atoms with E-state index in [1.807, 2.05) is 0 Å². The number of hydrogen-bond acceptors (Lipinski definition) is 4. The van der Waals surface area contributed by atoms with E-state index in [9.17, 15) is 4.79 Å². The maximum absolute atomic E-state index is 12.1. The van der Waals surface area contributed by atoms with E-state index >= 15 is 0 Å². The van der Waals surface area contributed by atoms with E-state index in [1.54, 1.807) is 18.2 Å². The average molecular weight is 311 g/mol. The predicted octanol–water partition coefficient (Wildman–Crippen LogP) is 1.89. The van der Waals surface area contributed by atoms with Gasteiger partial charge in [-0.05, 0) is 51.7 Å². The molecule has 3 N–H and O–H groups in total. The van der Waals surface area contributed by atoms with Crippen LogP contribution in [-0.2, 0) is 4.79 Å². The molecular weight excluding hydrogens is 288 g/mol. The van der Waals surface area contributed by atoms with Crippen LogP contribution >= 0.6 is 11.6 Å². The van der Waals surface area contributed by atoms with Gasteiger partial charge in [0.2, 0.25) is 5.91 Å². The summed E-state index contributed by atoms with van der Waals surface area (Å²) in [6.45, 7) is 2.29. The number of likely N-dealkylation sites (tertiary alicyclic amines) is 1. The molecule has 0 radical (unpaired) electrons. The van der Waals surface area contributed by atoms with Crippen LogP contribution in [-0.4, -0.2) is 55.5 Å². The first-order valence-corrected chi connectivity index (χ1v) is 7.57. The molecule has 1 aliphatic heterocycles. The Kier molecular flexibility index (Phi) is 5.45. The van der Waals surface area contributed by atoms with Crippen molar-refractivity contribution in [1.82, 2.24) is 9.80 Å². The van der Waals surface area contributed by atoms with Gasteiger partial charge in [-0.25, -0.2) is 0 Å². The molecule has 1 fully saturated rings. The average Bonchev–Trinajstić information content (AvgIpc) is 2.42. The van der Waals surface area contributed by atoms with Gasteiger partial charge < -0.3 is 16.0 Å². The number of nitrogens with zero attached hydrogens (tertiary/aromatic N) is 2. The summed E-state index contributed by atoms with van der Waals surface area (Å²) in [6.07, 6.45) is 2.31. The Bertz CT molecular complexity index is 506. The van der Waals surface area contributed by atoms with Crippen molar-refractivity contribution < 1.29 is 4.79 Å². The second-order valence-corrected chi connectivity index (χ2v) is 6.21. The van der Waals surface area contributed by atoms with Gasteiger partial charge in [-0.3, -0.25) is 9.69 Å². The predicted molar refractivity (Wildman–Crippen MR) is 87.6 cm³/mol. The number of halogens is 1. The van der Waals surface area contributed by atoms with Crippen molar-refractivity contribution >= 4 is 28.9 Å². The van der Waals surface area contributed by atoms with E-state index in [4.69, 9.17) is 17.3 Å². The number of rotatable bonds is 4. The summed E-state index contributed by atoms with van der Waals surface area (Å²) in [5.74, 6) is -0.0385. The molecule has 116 valence electrons. The first-order valence-electron chi connectivity index (χ1n) is 7.19. The molecule has 1 saturated heterocycles. The van der Waals surface area contributed by atoms with Crippen LogP contribution in [0.2, 0.25) is 5.02 Å². The summed E-state index contributed by atoms with van der Waals surface area (Å²) in [7, 11) is 4.17. The number of benzene rings is 1. The lowest BCUT2D eigenvalue weighted by atomic mass is 10.1. The number of piperidine rings is 1. The van der Waals surface area contributed by atoms with Gasteiger partial charge in [-0.15, -0.1) is 0 Å². The number of carbonyl (C=O) groups excluding carboxylic acids is 1. The van der Waals surface area contributed by atoms with Gasteiger partial charge >= 0.3 is 0 Å². The summed E-state index contributed by atoms with van der Waals surface area (Å²) < 4.78 is 0. The monoisotopic (exact) mass is 310 g/mol. The third-order valence-electron chi connectivity index (χ3n) is 3.87. The molecule has 2 rings (SSSR count). The largest absolute Gasteiger partial charge is 0.397 e. The first-order chi connectivity index (χ1) is 9.95. The number of anilines is 2. The molecule has 0 saturated carbocycles. The minimum atomic E-state index is -0.0385. The van der Waals surface area contributed by atoms with Crippen LogP contribution in [0, 0.1) is 0 Å². The van der Waals surface area contributed by atoms with Crippen molar-refractivity contribution in [2.75, 3.05) is 44.8 Å². The Morgan fingerprint density at radius 1 is 1.52 bits per heavy atom. The Balaban J connectivity index is 1.89. The molecule has 1 aromatic rings. The van der Waals surface area contributed by atoms with Crippen molar-refractivity contribution in [3.63, 3.8) is 0 Å². The fraction of sp³-hybridized carbons (Fsp3) is 0.533. The third-order valence-corrected chi connectivity index (χ3v) is 4.10. The third kappa shape index (κ3) is 4.59. The number of carbonyl (C=O) groups is 1. The summed E-state index contributed by atoms with van der Waals surface area (Å²) >= 11 is 5.85. The standard InChI is InChI=1S/C15H23ClN4O/c1-19(2)12-4-3-7-20(9-12)10-15(21)18-14-6-5-11(16)8-13(14)17/h5-6,8,12H,3-4,7,9-10,17H2,1-2H3,(H,18,21). The Morgan fingerprint density at radius 3 is 2.95 bits per heavy atom. The zero-order valence-corrected chi connectivity index (χ0v) is 13.4. The summed E-state index contributed by atoms with van der Waals surface area (Å²) in [6, 6.07) is 5.61. The van der Waals surface area contributed by atoms with E-state index in [0.29, 0.717) is 29.0 Å². The molecule has 1 heterocycles. The molecule has 0 spiro atoms. The molecule has 1 aliphatic rings.